The summed E-state index contributed by atoms with van der Waals surface area (Å²) in [7, 11) is 0. The predicted molar refractivity (Wildman–Crippen MR) is 65.0 cm³/mol. The number of hydrogen-bond donors (Lipinski definition) is 1. The van der Waals surface area contributed by atoms with Crippen LogP contribution < -0.4 is 0 Å². The number of benzene rings is 1. The molecule has 0 bridgehead atoms. The first-order chi connectivity index (χ1) is 8.12. The Morgan fingerprint density at radius 2 is 1.88 bits per heavy atom. The van der Waals surface area contributed by atoms with E-state index < -0.39 is 11.4 Å². The van der Waals surface area contributed by atoms with Gasteiger partial charge in [-0.15, -0.1) is 0 Å². The molecule has 0 saturated carbocycles. The minimum atomic E-state index is -0.693. The molecular weight excluding hydrogens is 216 g/mol. The zero-order valence-electron chi connectivity index (χ0n) is 10.1. The van der Waals surface area contributed by atoms with E-state index in [1.165, 1.54) is 5.56 Å². The molecule has 1 heterocycles. The summed E-state index contributed by atoms with van der Waals surface area (Å²) in [5.74, 6) is -0.693. The summed E-state index contributed by atoms with van der Waals surface area (Å²) in [5.41, 5.74) is 1.66. The van der Waals surface area contributed by atoms with Gasteiger partial charge in [0.1, 0.15) is 0 Å². The van der Waals surface area contributed by atoms with Crippen LogP contribution in [0, 0.1) is 12.3 Å². The fourth-order valence-electron chi connectivity index (χ4n) is 2.33. The Kier molecular flexibility index (Phi) is 3.48. The van der Waals surface area contributed by atoms with Gasteiger partial charge < -0.3 is 9.84 Å². The summed E-state index contributed by atoms with van der Waals surface area (Å²) in [6, 6.07) is 8.11. The number of hydrogen-bond acceptors (Lipinski definition) is 2. The lowest BCUT2D eigenvalue weighted by Crippen LogP contribution is -2.39. The van der Waals surface area contributed by atoms with Gasteiger partial charge in [-0.3, -0.25) is 4.79 Å². The van der Waals surface area contributed by atoms with Crippen molar-refractivity contribution in [3.05, 3.63) is 35.4 Å². The highest BCUT2D eigenvalue weighted by Crippen LogP contribution is 2.34. The fraction of sp³-hybridized carbons (Fsp3) is 0.500. The van der Waals surface area contributed by atoms with E-state index in [1.807, 2.05) is 31.2 Å². The molecule has 0 amide bonds. The highest BCUT2D eigenvalue weighted by atomic mass is 16.5. The monoisotopic (exact) mass is 234 g/mol. The Bertz CT molecular complexity index is 388. The van der Waals surface area contributed by atoms with E-state index >= 15 is 0 Å². The number of carboxylic acid groups (broad SMARTS) is 1. The largest absolute Gasteiger partial charge is 0.481 e. The lowest BCUT2D eigenvalue weighted by molar-refractivity contribution is -0.154. The topological polar surface area (TPSA) is 46.5 Å². The quantitative estimate of drug-likeness (QED) is 0.873. The number of ether oxygens (including phenoxy) is 1. The molecule has 0 atom stereocenters. The molecule has 17 heavy (non-hydrogen) atoms. The number of carboxylic acids is 1. The van der Waals surface area contributed by atoms with Crippen molar-refractivity contribution in [3.8, 4) is 0 Å². The molecule has 0 unspecified atom stereocenters. The molecule has 1 aliphatic heterocycles. The number of aliphatic carboxylic acids is 1. The molecule has 0 aromatic heterocycles. The van der Waals surface area contributed by atoms with Gasteiger partial charge in [-0.25, -0.2) is 0 Å². The van der Waals surface area contributed by atoms with Gasteiger partial charge in [0.15, 0.2) is 0 Å². The standard InChI is InChI=1S/C14H18O3/c1-11-2-4-12(5-3-11)10-14(13(15)16)6-8-17-9-7-14/h2-5H,6-10H2,1H3,(H,15,16). The van der Waals surface area contributed by atoms with Gasteiger partial charge in [0.05, 0.1) is 5.41 Å². The van der Waals surface area contributed by atoms with Crippen LogP contribution in [0.15, 0.2) is 24.3 Å². The van der Waals surface area contributed by atoms with Crippen molar-refractivity contribution in [2.24, 2.45) is 5.41 Å². The summed E-state index contributed by atoms with van der Waals surface area (Å²) < 4.78 is 5.27. The lowest BCUT2D eigenvalue weighted by Gasteiger charge is -2.33. The molecule has 92 valence electrons. The molecule has 1 aromatic rings. The predicted octanol–water partition coefficient (Wildman–Crippen LogP) is 2.42. The van der Waals surface area contributed by atoms with Crippen LogP contribution in [0.3, 0.4) is 0 Å². The molecular formula is C14H18O3. The third-order valence-corrected chi connectivity index (χ3v) is 3.57. The van der Waals surface area contributed by atoms with E-state index in [0.717, 1.165) is 5.56 Å². The van der Waals surface area contributed by atoms with Crippen LogP contribution in [0.2, 0.25) is 0 Å². The second-order valence-electron chi connectivity index (χ2n) is 4.86. The van der Waals surface area contributed by atoms with Crippen molar-refractivity contribution < 1.29 is 14.6 Å². The summed E-state index contributed by atoms with van der Waals surface area (Å²) >= 11 is 0. The van der Waals surface area contributed by atoms with Gasteiger partial charge in [0.25, 0.3) is 0 Å². The van der Waals surface area contributed by atoms with Gasteiger partial charge in [-0.1, -0.05) is 29.8 Å². The van der Waals surface area contributed by atoms with Crippen LogP contribution in [-0.4, -0.2) is 24.3 Å². The highest BCUT2D eigenvalue weighted by molar-refractivity contribution is 5.75. The minimum absolute atomic E-state index is 0.554. The van der Waals surface area contributed by atoms with Crippen LogP contribution in [0.25, 0.3) is 0 Å². The minimum Gasteiger partial charge on any atom is -0.481 e. The molecule has 1 fully saturated rings. The van der Waals surface area contributed by atoms with Crippen molar-refractivity contribution in [1.82, 2.24) is 0 Å². The van der Waals surface area contributed by atoms with Crippen LogP contribution in [0.1, 0.15) is 24.0 Å². The van der Waals surface area contributed by atoms with Gasteiger partial charge in [-0.05, 0) is 31.7 Å². The van der Waals surface area contributed by atoms with Crippen molar-refractivity contribution in [2.75, 3.05) is 13.2 Å². The summed E-state index contributed by atoms with van der Waals surface area (Å²) in [4.78, 5) is 11.5. The van der Waals surface area contributed by atoms with Crippen LogP contribution >= 0.6 is 0 Å². The summed E-state index contributed by atoms with van der Waals surface area (Å²) in [6.07, 6.45) is 1.82. The molecule has 1 aromatic carbocycles. The molecule has 0 aliphatic carbocycles. The Morgan fingerprint density at radius 3 is 2.41 bits per heavy atom. The van der Waals surface area contributed by atoms with E-state index in [-0.39, 0.29) is 0 Å². The maximum Gasteiger partial charge on any atom is 0.310 e. The van der Waals surface area contributed by atoms with Crippen molar-refractivity contribution in [2.45, 2.75) is 26.2 Å². The van der Waals surface area contributed by atoms with E-state index in [2.05, 4.69) is 0 Å². The van der Waals surface area contributed by atoms with Crippen LogP contribution in [0.4, 0.5) is 0 Å². The molecule has 1 saturated heterocycles. The van der Waals surface area contributed by atoms with Crippen molar-refractivity contribution in [3.63, 3.8) is 0 Å². The second-order valence-corrected chi connectivity index (χ2v) is 4.86. The molecule has 3 heteroatoms. The maximum absolute atomic E-state index is 11.5. The van der Waals surface area contributed by atoms with Crippen LogP contribution in [-0.2, 0) is 16.0 Å². The fourth-order valence-corrected chi connectivity index (χ4v) is 2.33. The van der Waals surface area contributed by atoms with Crippen molar-refractivity contribution in [1.29, 1.82) is 0 Å². The number of carbonyl (C=O) groups is 1. The number of aryl methyl sites for hydroxylation is 1. The van der Waals surface area contributed by atoms with Gasteiger partial charge in [0.2, 0.25) is 0 Å². The third-order valence-electron chi connectivity index (χ3n) is 3.57. The van der Waals surface area contributed by atoms with Gasteiger partial charge >= 0.3 is 5.97 Å². The highest BCUT2D eigenvalue weighted by Gasteiger charge is 2.40. The lowest BCUT2D eigenvalue weighted by atomic mass is 9.75. The molecule has 0 radical (unpaired) electrons. The van der Waals surface area contributed by atoms with E-state index in [4.69, 9.17) is 4.74 Å². The van der Waals surface area contributed by atoms with E-state index in [0.29, 0.717) is 32.5 Å². The number of rotatable bonds is 3. The first kappa shape index (κ1) is 12.1. The molecule has 1 N–H and O–H groups in total. The normalized spacial score (nSPS) is 18.9. The first-order valence-electron chi connectivity index (χ1n) is 5.99. The first-order valence-corrected chi connectivity index (χ1v) is 5.99. The maximum atomic E-state index is 11.5. The zero-order chi connectivity index (χ0) is 12.3. The second kappa shape index (κ2) is 4.88. The smallest absolute Gasteiger partial charge is 0.310 e. The Morgan fingerprint density at radius 1 is 1.29 bits per heavy atom. The summed E-state index contributed by atoms with van der Waals surface area (Å²) in [5, 5.41) is 9.45. The summed E-state index contributed by atoms with van der Waals surface area (Å²) in [6.45, 7) is 3.14. The van der Waals surface area contributed by atoms with E-state index in [1.54, 1.807) is 0 Å². The van der Waals surface area contributed by atoms with E-state index in [9.17, 15) is 9.90 Å². The zero-order valence-corrected chi connectivity index (χ0v) is 10.1. The Labute approximate surface area is 101 Å². The molecule has 3 nitrogen and oxygen atoms in total. The van der Waals surface area contributed by atoms with Gasteiger partial charge in [0, 0.05) is 13.2 Å². The molecule has 2 rings (SSSR count). The average Bonchev–Trinajstić information content (AvgIpc) is 2.33. The van der Waals surface area contributed by atoms with Crippen LogP contribution in [0.5, 0.6) is 0 Å². The van der Waals surface area contributed by atoms with Gasteiger partial charge in [-0.2, -0.15) is 0 Å². The Balaban J connectivity index is 2.17. The average molecular weight is 234 g/mol. The third kappa shape index (κ3) is 2.67. The Hall–Kier alpha value is -1.35. The molecule has 0 spiro atoms. The van der Waals surface area contributed by atoms with Crippen molar-refractivity contribution >= 4 is 5.97 Å². The molecule has 1 aliphatic rings. The SMILES string of the molecule is Cc1ccc(CC2(C(=O)O)CCOCC2)cc1.